The topological polar surface area (TPSA) is 86.7 Å². The van der Waals surface area contributed by atoms with Gasteiger partial charge in [0.2, 0.25) is 0 Å². The molecule has 0 aliphatic heterocycles. The van der Waals surface area contributed by atoms with Gasteiger partial charge in [-0.2, -0.15) is 0 Å². The third-order valence-electron chi connectivity index (χ3n) is 4.36. The molecule has 2 atom stereocenters. The Hall–Kier alpha value is -0.160. The molecular formula is C18H39NO3. The Labute approximate surface area is 137 Å². The van der Waals surface area contributed by atoms with Gasteiger partial charge in [-0.15, -0.1) is 0 Å². The summed E-state index contributed by atoms with van der Waals surface area (Å²) in [6, 6.07) is -0.483. The van der Waals surface area contributed by atoms with E-state index < -0.39 is 12.1 Å². The normalized spacial score (nSPS) is 14.2. The van der Waals surface area contributed by atoms with Gasteiger partial charge >= 0.3 is 0 Å². The van der Waals surface area contributed by atoms with Crippen molar-refractivity contribution in [3.05, 3.63) is 0 Å². The molecule has 0 aromatic rings. The highest BCUT2D eigenvalue weighted by molar-refractivity contribution is 4.70. The van der Waals surface area contributed by atoms with E-state index in [9.17, 15) is 5.11 Å². The molecule has 22 heavy (non-hydrogen) atoms. The number of aliphatic hydroxyl groups is 3. The van der Waals surface area contributed by atoms with Gasteiger partial charge in [-0.25, -0.2) is 0 Å². The number of unbranched alkanes of at least 4 members (excludes halogenated alkanes) is 12. The van der Waals surface area contributed by atoms with Crippen molar-refractivity contribution >= 4 is 0 Å². The van der Waals surface area contributed by atoms with Gasteiger partial charge in [0.25, 0.3) is 0 Å². The molecule has 0 bridgehead atoms. The summed E-state index contributed by atoms with van der Waals surface area (Å²) >= 11 is 0. The van der Waals surface area contributed by atoms with Crippen LogP contribution in [0.3, 0.4) is 0 Å². The van der Waals surface area contributed by atoms with E-state index in [0.29, 0.717) is 13.0 Å². The highest BCUT2D eigenvalue weighted by Crippen LogP contribution is 2.13. The summed E-state index contributed by atoms with van der Waals surface area (Å²) in [5.74, 6) is 0. The number of hydrogen-bond donors (Lipinski definition) is 4. The number of nitrogens with two attached hydrogens (primary N) is 1. The first-order valence-corrected chi connectivity index (χ1v) is 9.37. The maximum absolute atomic E-state index is 9.61. The summed E-state index contributed by atoms with van der Waals surface area (Å²) < 4.78 is 0. The lowest BCUT2D eigenvalue weighted by Crippen LogP contribution is -2.37. The Balaban J connectivity index is 3.08. The van der Waals surface area contributed by atoms with Gasteiger partial charge in [0, 0.05) is 6.61 Å². The van der Waals surface area contributed by atoms with Crippen LogP contribution in [-0.4, -0.2) is 40.7 Å². The lowest BCUT2D eigenvalue weighted by molar-refractivity contribution is 0.0990. The Morgan fingerprint density at radius 2 is 0.955 bits per heavy atom. The van der Waals surface area contributed by atoms with Crippen molar-refractivity contribution in [2.24, 2.45) is 5.73 Å². The second-order valence-electron chi connectivity index (χ2n) is 6.52. The van der Waals surface area contributed by atoms with Gasteiger partial charge in [-0.1, -0.05) is 77.0 Å². The molecule has 0 spiro atoms. The van der Waals surface area contributed by atoms with E-state index in [2.05, 4.69) is 0 Å². The van der Waals surface area contributed by atoms with Crippen LogP contribution in [0.1, 0.15) is 89.9 Å². The smallest absolute Gasteiger partial charge is 0.0713 e. The van der Waals surface area contributed by atoms with E-state index in [-0.39, 0.29) is 6.61 Å². The molecule has 0 aliphatic rings. The van der Waals surface area contributed by atoms with E-state index in [1.165, 1.54) is 64.2 Å². The van der Waals surface area contributed by atoms with E-state index >= 15 is 0 Å². The Morgan fingerprint density at radius 3 is 1.32 bits per heavy atom. The number of rotatable bonds is 17. The highest BCUT2D eigenvalue weighted by Gasteiger charge is 2.12. The molecule has 0 aliphatic carbocycles. The largest absolute Gasteiger partial charge is 0.396 e. The third-order valence-corrected chi connectivity index (χ3v) is 4.36. The molecule has 0 aromatic carbocycles. The van der Waals surface area contributed by atoms with Gasteiger partial charge < -0.3 is 21.1 Å². The summed E-state index contributed by atoms with van der Waals surface area (Å²) in [4.78, 5) is 0. The quantitative estimate of drug-likeness (QED) is 0.310. The summed E-state index contributed by atoms with van der Waals surface area (Å²) in [6.45, 7) is 0.204. The second kappa shape index (κ2) is 17.2. The molecule has 4 nitrogen and oxygen atoms in total. The van der Waals surface area contributed by atoms with Crippen molar-refractivity contribution in [2.75, 3.05) is 13.2 Å². The van der Waals surface area contributed by atoms with E-state index in [1.54, 1.807) is 0 Å². The minimum Gasteiger partial charge on any atom is -0.396 e. The van der Waals surface area contributed by atoms with Crippen LogP contribution in [0.25, 0.3) is 0 Å². The van der Waals surface area contributed by atoms with Crippen LogP contribution in [0.4, 0.5) is 0 Å². The van der Waals surface area contributed by atoms with Crippen molar-refractivity contribution in [3.63, 3.8) is 0 Å². The van der Waals surface area contributed by atoms with Crippen LogP contribution < -0.4 is 5.73 Å². The second-order valence-corrected chi connectivity index (χ2v) is 6.52. The van der Waals surface area contributed by atoms with Crippen LogP contribution in [0.15, 0.2) is 0 Å². The lowest BCUT2D eigenvalue weighted by Gasteiger charge is -2.15. The molecule has 134 valence electrons. The molecule has 0 amide bonds. The van der Waals surface area contributed by atoms with Gasteiger partial charge in [0.1, 0.15) is 0 Å². The first kappa shape index (κ1) is 21.8. The average molecular weight is 318 g/mol. The van der Waals surface area contributed by atoms with E-state index in [0.717, 1.165) is 19.3 Å². The molecule has 4 heteroatoms. The van der Waals surface area contributed by atoms with Crippen molar-refractivity contribution in [2.45, 2.75) is 102 Å². The monoisotopic (exact) mass is 317 g/mol. The molecule has 0 fully saturated rings. The summed E-state index contributed by atoms with van der Waals surface area (Å²) in [6.07, 6.45) is 16.3. The maximum Gasteiger partial charge on any atom is 0.0713 e. The van der Waals surface area contributed by atoms with Crippen LogP contribution >= 0.6 is 0 Å². The molecule has 0 heterocycles. The molecule has 0 unspecified atom stereocenters. The Morgan fingerprint density at radius 1 is 0.591 bits per heavy atom. The van der Waals surface area contributed by atoms with Crippen LogP contribution in [0.5, 0.6) is 0 Å². The van der Waals surface area contributed by atoms with Crippen molar-refractivity contribution in [1.82, 2.24) is 0 Å². The van der Waals surface area contributed by atoms with Gasteiger partial charge in [0.15, 0.2) is 0 Å². The SMILES string of the molecule is N[C@@H](CO)[C@@H](O)CCCCCCCCCCCCCCCO. The van der Waals surface area contributed by atoms with Gasteiger partial charge in [0.05, 0.1) is 18.8 Å². The summed E-state index contributed by atoms with van der Waals surface area (Å²) in [5.41, 5.74) is 5.56. The zero-order chi connectivity index (χ0) is 16.5. The fourth-order valence-electron chi connectivity index (χ4n) is 2.75. The molecule has 0 saturated carbocycles. The molecule has 0 saturated heterocycles. The number of aliphatic hydroxyl groups excluding tert-OH is 3. The predicted octanol–water partition coefficient (Wildman–Crippen LogP) is 3.12. The fraction of sp³-hybridized carbons (Fsp3) is 1.00. The first-order chi connectivity index (χ1) is 10.7. The summed E-state index contributed by atoms with van der Waals surface area (Å²) in [5, 5.41) is 27.1. The van der Waals surface area contributed by atoms with E-state index in [4.69, 9.17) is 15.9 Å². The van der Waals surface area contributed by atoms with Crippen LogP contribution in [0.2, 0.25) is 0 Å². The van der Waals surface area contributed by atoms with Crippen molar-refractivity contribution in [3.8, 4) is 0 Å². The fourth-order valence-corrected chi connectivity index (χ4v) is 2.75. The minimum absolute atomic E-state index is 0.136. The highest BCUT2D eigenvalue weighted by atomic mass is 16.3. The molecule has 0 rings (SSSR count). The zero-order valence-electron chi connectivity index (χ0n) is 14.4. The van der Waals surface area contributed by atoms with Crippen molar-refractivity contribution < 1.29 is 15.3 Å². The first-order valence-electron chi connectivity index (χ1n) is 9.37. The van der Waals surface area contributed by atoms with E-state index in [1.807, 2.05) is 0 Å². The standard InChI is InChI=1S/C18H39NO3/c19-17(16-21)18(22)14-12-10-8-6-4-2-1-3-5-7-9-11-13-15-20/h17-18,20-22H,1-16,19H2/t17-,18-/m0/s1. The van der Waals surface area contributed by atoms with Crippen LogP contribution in [-0.2, 0) is 0 Å². The summed E-state index contributed by atoms with van der Waals surface area (Å²) in [7, 11) is 0. The minimum atomic E-state index is -0.553. The zero-order valence-corrected chi connectivity index (χ0v) is 14.4. The van der Waals surface area contributed by atoms with Crippen molar-refractivity contribution in [1.29, 1.82) is 0 Å². The number of hydrogen-bond acceptors (Lipinski definition) is 4. The molecule has 0 aromatic heterocycles. The predicted molar refractivity (Wildman–Crippen MR) is 92.8 cm³/mol. The van der Waals surface area contributed by atoms with Gasteiger partial charge in [-0.05, 0) is 12.8 Å². The molecule has 5 N–H and O–H groups in total. The van der Waals surface area contributed by atoms with Gasteiger partial charge in [-0.3, -0.25) is 0 Å². The molecular weight excluding hydrogens is 278 g/mol. The Bertz CT molecular complexity index is 215. The lowest BCUT2D eigenvalue weighted by atomic mass is 10.0. The maximum atomic E-state index is 9.61. The third kappa shape index (κ3) is 14.8. The van der Waals surface area contributed by atoms with Crippen LogP contribution in [0, 0.1) is 0 Å². The average Bonchev–Trinajstić information content (AvgIpc) is 2.54. The molecule has 0 radical (unpaired) electrons. The Kier molecular flexibility index (Phi) is 17.1.